The summed E-state index contributed by atoms with van der Waals surface area (Å²) in [6.07, 6.45) is 11.0. The number of H-pyrrole nitrogens is 1. The first-order valence-corrected chi connectivity index (χ1v) is 9.68. The van der Waals surface area contributed by atoms with Crippen LogP contribution >= 0.6 is 0 Å². The Morgan fingerprint density at radius 1 is 1.42 bits per heavy atom. The van der Waals surface area contributed by atoms with Crippen LogP contribution in [0, 0.1) is 5.92 Å². The highest BCUT2D eigenvalue weighted by atomic mass is 16.1. The van der Waals surface area contributed by atoms with Crippen molar-refractivity contribution in [1.82, 2.24) is 25.2 Å². The molecule has 0 radical (unpaired) electrons. The molecule has 140 valence electrons. The summed E-state index contributed by atoms with van der Waals surface area (Å²) < 4.78 is 0. The van der Waals surface area contributed by atoms with Gasteiger partial charge in [0.1, 0.15) is 5.82 Å². The molecule has 1 amide bonds. The zero-order valence-corrected chi connectivity index (χ0v) is 15.6. The van der Waals surface area contributed by atoms with Crippen molar-refractivity contribution >= 4 is 5.91 Å². The number of unbranched alkanes of at least 4 members (excludes halogenated alkanes) is 1. The molecule has 0 aliphatic carbocycles. The number of nitrogens with one attached hydrogen (secondary N) is 2. The fourth-order valence-corrected chi connectivity index (χ4v) is 3.50. The minimum Gasteiger partial charge on any atom is -0.352 e. The molecule has 1 aliphatic rings. The van der Waals surface area contributed by atoms with E-state index in [1.54, 1.807) is 24.5 Å². The van der Waals surface area contributed by atoms with Gasteiger partial charge in [-0.3, -0.25) is 14.7 Å². The number of carbonyl (C=O) groups is 1. The van der Waals surface area contributed by atoms with Crippen molar-refractivity contribution in [2.45, 2.75) is 45.6 Å². The number of likely N-dealkylation sites (tertiary alicyclic amines) is 1. The van der Waals surface area contributed by atoms with E-state index in [1.807, 2.05) is 6.20 Å². The lowest BCUT2D eigenvalue weighted by molar-refractivity contribution is 0.0930. The minimum absolute atomic E-state index is 0.0376. The van der Waals surface area contributed by atoms with E-state index in [2.05, 4.69) is 32.1 Å². The van der Waals surface area contributed by atoms with Crippen LogP contribution in [0.5, 0.6) is 0 Å². The Morgan fingerprint density at radius 2 is 2.35 bits per heavy atom. The lowest BCUT2D eigenvalue weighted by Gasteiger charge is -2.32. The summed E-state index contributed by atoms with van der Waals surface area (Å²) in [7, 11) is 0. The summed E-state index contributed by atoms with van der Waals surface area (Å²) in [5.74, 6) is 1.55. The molecule has 2 aromatic heterocycles. The maximum absolute atomic E-state index is 12.2. The Balaban J connectivity index is 1.45. The van der Waals surface area contributed by atoms with Crippen molar-refractivity contribution in [3.63, 3.8) is 0 Å². The maximum atomic E-state index is 12.2. The normalized spacial score (nSPS) is 18.0. The van der Waals surface area contributed by atoms with E-state index in [0.29, 0.717) is 11.5 Å². The zero-order valence-electron chi connectivity index (χ0n) is 15.6. The number of aromatic nitrogens is 3. The van der Waals surface area contributed by atoms with E-state index < -0.39 is 0 Å². The van der Waals surface area contributed by atoms with E-state index in [0.717, 1.165) is 44.8 Å². The fourth-order valence-electron chi connectivity index (χ4n) is 3.50. The minimum atomic E-state index is -0.0376. The third-order valence-electron chi connectivity index (χ3n) is 4.92. The van der Waals surface area contributed by atoms with Gasteiger partial charge in [0.25, 0.3) is 5.91 Å². The van der Waals surface area contributed by atoms with Gasteiger partial charge in [-0.2, -0.15) is 0 Å². The number of piperidine rings is 1. The monoisotopic (exact) mass is 355 g/mol. The fraction of sp³-hybridized carbons (Fsp3) is 0.550. The number of rotatable bonds is 8. The van der Waals surface area contributed by atoms with Gasteiger partial charge in [0, 0.05) is 50.3 Å². The third kappa shape index (κ3) is 5.39. The highest BCUT2D eigenvalue weighted by molar-refractivity contribution is 5.93. The molecule has 1 saturated heterocycles. The molecule has 1 atom stereocenters. The molecule has 2 aromatic rings. The average molecular weight is 355 g/mol. The van der Waals surface area contributed by atoms with Crippen LogP contribution in [0.1, 0.15) is 54.5 Å². The van der Waals surface area contributed by atoms with Gasteiger partial charge < -0.3 is 10.3 Å². The Kier molecular flexibility index (Phi) is 6.77. The third-order valence-corrected chi connectivity index (χ3v) is 4.92. The molecular formula is C20H29N5O. The van der Waals surface area contributed by atoms with Crippen molar-refractivity contribution < 1.29 is 4.79 Å². The number of aromatic amines is 1. The number of hydrogen-bond acceptors (Lipinski definition) is 4. The predicted octanol–water partition coefficient (Wildman–Crippen LogP) is 2.79. The molecule has 6 nitrogen and oxygen atoms in total. The van der Waals surface area contributed by atoms with E-state index >= 15 is 0 Å². The average Bonchev–Trinajstić information content (AvgIpc) is 3.12. The summed E-state index contributed by atoms with van der Waals surface area (Å²) in [6, 6.07) is 3.58. The summed E-state index contributed by atoms with van der Waals surface area (Å²) in [4.78, 5) is 26.6. The Bertz CT molecular complexity index is 685. The lowest BCUT2D eigenvalue weighted by atomic mass is 9.97. The van der Waals surface area contributed by atoms with Gasteiger partial charge >= 0.3 is 0 Å². The van der Waals surface area contributed by atoms with Gasteiger partial charge in [0.05, 0.1) is 5.56 Å². The standard InChI is InChI=1S/C20H29N5O/c1-2-3-8-19-22-13-18(24-19)15-25-10-5-6-16(14-25)11-23-20(26)17-7-4-9-21-12-17/h4,7,9,12-13,16H,2-3,5-6,8,10-11,14-15H2,1H3,(H,22,24)(H,23,26)/t16-/m1/s1. The topological polar surface area (TPSA) is 73.9 Å². The molecule has 3 heterocycles. The Labute approximate surface area is 155 Å². The van der Waals surface area contributed by atoms with E-state index in [9.17, 15) is 4.79 Å². The predicted molar refractivity (Wildman–Crippen MR) is 102 cm³/mol. The van der Waals surface area contributed by atoms with Crippen molar-refractivity contribution in [3.05, 3.63) is 47.8 Å². The molecule has 1 fully saturated rings. The van der Waals surface area contributed by atoms with Crippen molar-refractivity contribution in [3.8, 4) is 0 Å². The Morgan fingerprint density at radius 3 is 3.15 bits per heavy atom. The quantitative estimate of drug-likeness (QED) is 0.764. The molecule has 26 heavy (non-hydrogen) atoms. The van der Waals surface area contributed by atoms with Gasteiger partial charge in [0.15, 0.2) is 0 Å². The number of imidazole rings is 1. The molecule has 0 spiro atoms. The van der Waals surface area contributed by atoms with Crippen LogP contribution in [0.15, 0.2) is 30.7 Å². The summed E-state index contributed by atoms with van der Waals surface area (Å²) >= 11 is 0. The first-order chi connectivity index (χ1) is 12.7. The van der Waals surface area contributed by atoms with Gasteiger partial charge in [-0.1, -0.05) is 13.3 Å². The van der Waals surface area contributed by atoms with Gasteiger partial charge in [0.2, 0.25) is 0 Å². The smallest absolute Gasteiger partial charge is 0.252 e. The number of carbonyl (C=O) groups excluding carboxylic acids is 1. The van der Waals surface area contributed by atoms with E-state index in [1.165, 1.54) is 25.0 Å². The summed E-state index contributed by atoms with van der Waals surface area (Å²) in [6.45, 7) is 5.94. The second-order valence-corrected chi connectivity index (χ2v) is 7.15. The highest BCUT2D eigenvalue weighted by Crippen LogP contribution is 2.18. The first kappa shape index (κ1) is 18.6. The van der Waals surface area contributed by atoms with Crippen LogP contribution in [0.3, 0.4) is 0 Å². The van der Waals surface area contributed by atoms with Crippen molar-refractivity contribution in [1.29, 1.82) is 0 Å². The van der Waals surface area contributed by atoms with E-state index in [-0.39, 0.29) is 5.91 Å². The van der Waals surface area contributed by atoms with Crippen LogP contribution in [0.4, 0.5) is 0 Å². The molecule has 6 heteroatoms. The number of hydrogen-bond donors (Lipinski definition) is 2. The van der Waals surface area contributed by atoms with Gasteiger partial charge in [-0.05, 0) is 43.9 Å². The molecule has 0 saturated carbocycles. The largest absolute Gasteiger partial charge is 0.352 e. The molecule has 0 unspecified atom stereocenters. The molecule has 1 aliphatic heterocycles. The van der Waals surface area contributed by atoms with Crippen LogP contribution in [0.2, 0.25) is 0 Å². The van der Waals surface area contributed by atoms with Crippen LogP contribution < -0.4 is 5.32 Å². The van der Waals surface area contributed by atoms with E-state index in [4.69, 9.17) is 0 Å². The SMILES string of the molecule is CCCCc1ncc(CN2CCC[C@H](CNC(=O)c3cccnc3)C2)[nH]1. The number of aryl methyl sites for hydroxylation is 1. The molecule has 2 N–H and O–H groups in total. The molecule has 0 bridgehead atoms. The highest BCUT2D eigenvalue weighted by Gasteiger charge is 2.21. The van der Waals surface area contributed by atoms with Crippen molar-refractivity contribution in [2.75, 3.05) is 19.6 Å². The maximum Gasteiger partial charge on any atom is 0.252 e. The zero-order chi connectivity index (χ0) is 18.2. The molecule has 0 aromatic carbocycles. The number of amides is 1. The summed E-state index contributed by atoms with van der Waals surface area (Å²) in [5, 5.41) is 3.05. The van der Waals surface area contributed by atoms with Gasteiger partial charge in [-0.25, -0.2) is 4.98 Å². The number of nitrogens with zero attached hydrogens (tertiary/aromatic N) is 3. The van der Waals surface area contributed by atoms with Crippen LogP contribution in [0.25, 0.3) is 0 Å². The van der Waals surface area contributed by atoms with Crippen LogP contribution in [-0.2, 0) is 13.0 Å². The first-order valence-electron chi connectivity index (χ1n) is 9.68. The van der Waals surface area contributed by atoms with Crippen molar-refractivity contribution in [2.24, 2.45) is 5.92 Å². The summed E-state index contributed by atoms with van der Waals surface area (Å²) in [5.41, 5.74) is 1.81. The second-order valence-electron chi connectivity index (χ2n) is 7.15. The van der Waals surface area contributed by atoms with Crippen LogP contribution in [-0.4, -0.2) is 45.4 Å². The molecule has 3 rings (SSSR count). The Hall–Kier alpha value is -2.21. The number of pyridine rings is 1. The van der Waals surface area contributed by atoms with Gasteiger partial charge in [-0.15, -0.1) is 0 Å². The second kappa shape index (κ2) is 9.48. The molecular weight excluding hydrogens is 326 g/mol. The lowest BCUT2D eigenvalue weighted by Crippen LogP contribution is -2.40.